The van der Waals surface area contributed by atoms with Crippen LogP contribution < -0.4 is 0 Å². The third kappa shape index (κ3) is 3.29. The van der Waals surface area contributed by atoms with Crippen molar-refractivity contribution in [3.8, 4) is 0 Å². The van der Waals surface area contributed by atoms with Gasteiger partial charge in [0.15, 0.2) is 5.69 Å². The van der Waals surface area contributed by atoms with Crippen molar-refractivity contribution in [2.24, 2.45) is 0 Å². The highest BCUT2D eigenvalue weighted by molar-refractivity contribution is 7.05. The Labute approximate surface area is 150 Å². The predicted molar refractivity (Wildman–Crippen MR) is 91.3 cm³/mol. The van der Waals surface area contributed by atoms with Gasteiger partial charge in [-0.15, -0.1) is 5.10 Å². The van der Waals surface area contributed by atoms with E-state index in [1.54, 1.807) is 12.4 Å². The summed E-state index contributed by atoms with van der Waals surface area (Å²) >= 11 is 1.25. The Morgan fingerprint density at radius 1 is 1.48 bits per heavy atom. The predicted octanol–water partition coefficient (Wildman–Crippen LogP) is 1.83. The number of carbonyl (C=O) groups is 1. The van der Waals surface area contributed by atoms with Crippen molar-refractivity contribution in [3.63, 3.8) is 0 Å². The van der Waals surface area contributed by atoms with Crippen LogP contribution in [0, 0.1) is 6.92 Å². The van der Waals surface area contributed by atoms with E-state index in [1.807, 2.05) is 24.0 Å². The third-order valence-electron chi connectivity index (χ3n) is 4.84. The quantitative estimate of drug-likeness (QED) is 0.828. The Morgan fingerprint density at radius 2 is 2.40 bits per heavy atom. The molecule has 2 aromatic heterocycles. The standard InChI is InChI=1S/C17H20N4O3S/c1-11-15(19-20-25-11)17(22)21-7-8-23-14-5-4-13(21)16(14)24-10-12-3-2-6-18-9-12/h2-3,6,9,13-14,16H,4-5,7-8,10H2,1H3/t13-,14-,16-/m0/s1. The zero-order valence-electron chi connectivity index (χ0n) is 14.0. The monoisotopic (exact) mass is 360 g/mol. The van der Waals surface area contributed by atoms with Gasteiger partial charge < -0.3 is 14.4 Å². The van der Waals surface area contributed by atoms with Gasteiger partial charge >= 0.3 is 0 Å². The summed E-state index contributed by atoms with van der Waals surface area (Å²) in [5.41, 5.74) is 1.46. The smallest absolute Gasteiger partial charge is 0.276 e. The van der Waals surface area contributed by atoms with Crippen LogP contribution in [-0.2, 0) is 16.1 Å². The van der Waals surface area contributed by atoms with Crippen molar-refractivity contribution in [2.75, 3.05) is 13.2 Å². The molecular weight excluding hydrogens is 340 g/mol. The van der Waals surface area contributed by atoms with Crippen LogP contribution in [0.3, 0.4) is 0 Å². The molecule has 1 amide bonds. The molecule has 1 saturated carbocycles. The summed E-state index contributed by atoms with van der Waals surface area (Å²) in [7, 11) is 0. The van der Waals surface area contributed by atoms with E-state index in [1.165, 1.54) is 11.5 Å². The fraction of sp³-hybridized carbons (Fsp3) is 0.529. The van der Waals surface area contributed by atoms with E-state index in [0.29, 0.717) is 25.5 Å². The molecule has 0 N–H and O–H groups in total. The molecule has 0 spiro atoms. The number of pyridine rings is 1. The lowest BCUT2D eigenvalue weighted by molar-refractivity contribution is -0.0598. The van der Waals surface area contributed by atoms with E-state index in [4.69, 9.17) is 9.47 Å². The average Bonchev–Trinajstić information content (AvgIpc) is 3.17. The highest BCUT2D eigenvalue weighted by Gasteiger charge is 2.45. The molecule has 2 aliphatic rings. The highest BCUT2D eigenvalue weighted by atomic mass is 32.1. The van der Waals surface area contributed by atoms with Gasteiger partial charge in [-0.2, -0.15) is 0 Å². The number of nitrogens with zero attached hydrogens (tertiary/aromatic N) is 4. The largest absolute Gasteiger partial charge is 0.374 e. The third-order valence-corrected chi connectivity index (χ3v) is 5.47. The van der Waals surface area contributed by atoms with E-state index in [0.717, 1.165) is 23.3 Å². The van der Waals surface area contributed by atoms with Crippen molar-refractivity contribution in [2.45, 2.75) is 44.6 Å². The summed E-state index contributed by atoms with van der Waals surface area (Å²) in [6.07, 6.45) is 5.23. The van der Waals surface area contributed by atoms with Crippen LogP contribution in [0.25, 0.3) is 0 Å². The summed E-state index contributed by atoms with van der Waals surface area (Å²) < 4.78 is 16.0. The lowest BCUT2D eigenvalue weighted by atomic mass is 10.1. The number of fused-ring (bicyclic) bond motifs is 2. The van der Waals surface area contributed by atoms with E-state index in [-0.39, 0.29) is 24.2 Å². The van der Waals surface area contributed by atoms with Gasteiger partial charge in [0.2, 0.25) is 0 Å². The number of ether oxygens (including phenoxy) is 2. The van der Waals surface area contributed by atoms with E-state index in [9.17, 15) is 4.79 Å². The number of hydrogen-bond acceptors (Lipinski definition) is 7. The molecule has 1 aliphatic heterocycles. The minimum Gasteiger partial charge on any atom is -0.374 e. The first kappa shape index (κ1) is 16.6. The second kappa shape index (κ2) is 7.15. The van der Waals surface area contributed by atoms with Crippen LogP contribution >= 0.6 is 11.5 Å². The molecule has 4 rings (SSSR count). The van der Waals surface area contributed by atoms with Gasteiger partial charge in [0, 0.05) is 18.9 Å². The normalized spacial score (nSPS) is 25.8. The van der Waals surface area contributed by atoms with Crippen LogP contribution in [0.2, 0.25) is 0 Å². The van der Waals surface area contributed by atoms with Crippen molar-refractivity contribution < 1.29 is 14.3 Å². The highest BCUT2D eigenvalue weighted by Crippen LogP contribution is 2.33. The minimum atomic E-state index is -0.126. The van der Waals surface area contributed by atoms with Gasteiger partial charge in [0.25, 0.3) is 5.91 Å². The van der Waals surface area contributed by atoms with Crippen LogP contribution in [0.5, 0.6) is 0 Å². The van der Waals surface area contributed by atoms with Crippen LogP contribution in [0.1, 0.15) is 33.8 Å². The number of aromatic nitrogens is 3. The molecule has 3 heterocycles. The van der Waals surface area contributed by atoms with Gasteiger partial charge in [-0.25, -0.2) is 0 Å². The van der Waals surface area contributed by atoms with Crippen molar-refractivity contribution in [1.29, 1.82) is 0 Å². The van der Waals surface area contributed by atoms with Crippen LogP contribution in [0.4, 0.5) is 0 Å². The molecule has 0 radical (unpaired) electrons. The Kier molecular flexibility index (Phi) is 4.74. The summed E-state index contributed by atoms with van der Waals surface area (Å²) in [5, 5.41) is 4.01. The molecule has 3 atom stereocenters. The van der Waals surface area contributed by atoms with Crippen LogP contribution in [-0.4, -0.2) is 56.8 Å². The second-order valence-corrected chi connectivity index (χ2v) is 7.33. The molecule has 1 aliphatic carbocycles. The maximum atomic E-state index is 13.0. The zero-order valence-corrected chi connectivity index (χ0v) is 14.8. The van der Waals surface area contributed by atoms with E-state index in [2.05, 4.69) is 14.6 Å². The minimum absolute atomic E-state index is 0.0118. The maximum Gasteiger partial charge on any atom is 0.276 e. The summed E-state index contributed by atoms with van der Waals surface area (Å²) in [6, 6.07) is 3.89. The summed E-state index contributed by atoms with van der Waals surface area (Å²) in [4.78, 5) is 19.8. The summed E-state index contributed by atoms with van der Waals surface area (Å²) in [6.45, 7) is 3.42. The first-order valence-corrected chi connectivity index (χ1v) is 9.23. The molecule has 132 valence electrons. The molecular formula is C17H20N4O3S. The summed E-state index contributed by atoms with van der Waals surface area (Å²) in [5.74, 6) is -0.0719. The number of aryl methyl sites for hydroxylation is 1. The van der Waals surface area contributed by atoms with Crippen molar-refractivity contribution in [3.05, 3.63) is 40.7 Å². The first-order chi connectivity index (χ1) is 12.2. The molecule has 25 heavy (non-hydrogen) atoms. The van der Waals surface area contributed by atoms with Gasteiger partial charge in [-0.1, -0.05) is 10.6 Å². The molecule has 2 aromatic rings. The SMILES string of the molecule is Cc1snnc1C(=O)N1CCO[C@H]2CC[C@H]1[C@@H]2OCc1cccnc1. The van der Waals surface area contributed by atoms with Gasteiger partial charge in [-0.3, -0.25) is 9.78 Å². The second-order valence-electron chi connectivity index (χ2n) is 6.37. The Bertz CT molecular complexity index is 739. The number of carbonyl (C=O) groups excluding carboxylic acids is 1. The van der Waals surface area contributed by atoms with E-state index < -0.39 is 0 Å². The molecule has 8 heteroatoms. The fourth-order valence-electron chi connectivity index (χ4n) is 3.60. The zero-order chi connectivity index (χ0) is 17.2. The Morgan fingerprint density at radius 3 is 3.16 bits per heavy atom. The first-order valence-electron chi connectivity index (χ1n) is 8.46. The number of hydrogen-bond donors (Lipinski definition) is 0. The topological polar surface area (TPSA) is 77.4 Å². The fourth-order valence-corrected chi connectivity index (χ4v) is 4.06. The Hall–Kier alpha value is -1.90. The molecule has 2 fully saturated rings. The van der Waals surface area contributed by atoms with Gasteiger partial charge in [0.05, 0.1) is 30.2 Å². The van der Waals surface area contributed by atoms with Crippen molar-refractivity contribution >= 4 is 17.4 Å². The van der Waals surface area contributed by atoms with E-state index >= 15 is 0 Å². The maximum absolute atomic E-state index is 13.0. The lowest BCUT2D eigenvalue weighted by Gasteiger charge is -2.30. The number of rotatable bonds is 4. The Balaban J connectivity index is 1.52. The molecule has 1 saturated heterocycles. The molecule has 0 aromatic carbocycles. The van der Waals surface area contributed by atoms with Gasteiger partial charge in [0.1, 0.15) is 6.10 Å². The lowest BCUT2D eigenvalue weighted by Crippen LogP contribution is -2.46. The molecule has 2 bridgehead atoms. The van der Waals surface area contributed by atoms with Crippen LogP contribution in [0.15, 0.2) is 24.5 Å². The molecule has 7 nitrogen and oxygen atoms in total. The number of amides is 1. The van der Waals surface area contributed by atoms with Gasteiger partial charge in [-0.05, 0) is 42.9 Å². The van der Waals surface area contributed by atoms with Crippen molar-refractivity contribution in [1.82, 2.24) is 19.5 Å². The molecule has 0 unspecified atom stereocenters. The average molecular weight is 360 g/mol.